The molecule has 0 N–H and O–H groups in total. The number of ether oxygens (including phenoxy) is 2. The van der Waals surface area contributed by atoms with Gasteiger partial charge in [-0.25, -0.2) is 4.79 Å². The van der Waals surface area contributed by atoms with Crippen LogP contribution in [0.4, 0.5) is 4.79 Å². The van der Waals surface area contributed by atoms with Crippen molar-refractivity contribution in [2.45, 2.75) is 72.1 Å². The van der Waals surface area contributed by atoms with E-state index in [4.69, 9.17) is 9.47 Å². The Bertz CT molecular complexity index is 426. The van der Waals surface area contributed by atoms with Crippen molar-refractivity contribution in [1.82, 2.24) is 0 Å². The molecule has 0 radical (unpaired) electrons. The first-order chi connectivity index (χ1) is 12.1. The van der Waals surface area contributed by atoms with Crippen LogP contribution in [0.2, 0.25) is 0 Å². The first kappa shape index (κ1) is 23.2. The van der Waals surface area contributed by atoms with E-state index in [1.165, 1.54) is 25.7 Å². The van der Waals surface area contributed by atoms with Crippen molar-refractivity contribution in [3.8, 4) is 0 Å². The fraction of sp³-hybridized carbons (Fsp3) is 0.619. The Kier molecular flexibility index (Phi) is 15.7. The molecule has 0 aliphatic heterocycles. The predicted molar refractivity (Wildman–Crippen MR) is 102 cm³/mol. The molecule has 0 unspecified atom stereocenters. The Morgan fingerprint density at radius 1 is 0.760 bits per heavy atom. The maximum Gasteiger partial charge on any atom is 0.508 e. The molecule has 4 nitrogen and oxygen atoms in total. The lowest BCUT2D eigenvalue weighted by Crippen LogP contribution is -2.09. The number of carbonyl (C=O) groups is 2. The number of Topliss-reactive ketones (excluding diaryl/α,β-unsaturated/α-hetero) is 1. The maximum absolute atomic E-state index is 11.1. The molecule has 0 fully saturated rings. The second-order valence-corrected chi connectivity index (χ2v) is 5.99. The summed E-state index contributed by atoms with van der Waals surface area (Å²) in [6.07, 6.45) is 8.43. The third kappa shape index (κ3) is 15.4. The average Bonchev–Trinajstić information content (AvgIpc) is 2.62. The van der Waals surface area contributed by atoms with Crippen LogP contribution in [-0.4, -0.2) is 25.2 Å². The van der Waals surface area contributed by atoms with Crippen molar-refractivity contribution in [1.29, 1.82) is 0 Å². The minimum absolute atomic E-state index is 0.121. The van der Waals surface area contributed by atoms with Crippen molar-refractivity contribution in [3.63, 3.8) is 0 Å². The fourth-order valence-corrected chi connectivity index (χ4v) is 2.08. The first-order valence-electron chi connectivity index (χ1n) is 9.47. The zero-order valence-electron chi connectivity index (χ0n) is 16.1. The van der Waals surface area contributed by atoms with Gasteiger partial charge in [-0.1, -0.05) is 82.7 Å². The summed E-state index contributed by atoms with van der Waals surface area (Å²) in [6.45, 7) is 6.87. The molecule has 0 atom stereocenters. The Morgan fingerprint density at radius 2 is 1.24 bits per heavy atom. The summed E-state index contributed by atoms with van der Waals surface area (Å²) in [5.41, 5.74) is 0.775. The lowest BCUT2D eigenvalue weighted by molar-refractivity contribution is 0.0529. The molecule has 0 bridgehead atoms. The summed E-state index contributed by atoms with van der Waals surface area (Å²) in [4.78, 5) is 21.7. The maximum atomic E-state index is 11.1. The van der Waals surface area contributed by atoms with Gasteiger partial charge in [-0.2, -0.15) is 0 Å². The molecule has 0 amide bonds. The van der Waals surface area contributed by atoms with Crippen LogP contribution in [-0.2, 0) is 9.47 Å². The van der Waals surface area contributed by atoms with E-state index in [-0.39, 0.29) is 5.78 Å². The first-order valence-corrected chi connectivity index (χ1v) is 9.47. The minimum atomic E-state index is -0.506. The number of hydrogen-bond acceptors (Lipinski definition) is 4. The molecule has 0 saturated carbocycles. The normalized spacial score (nSPS) is 9.72. The van der Waals surface area contributed by atoms with Crippen LogP contribution in [0, 0.1) is 0 Å². The number of benzene rings is 1. The van der Waals surface area contributed by atoms with Crippen LogP contribution in [0.3, 0.4) is 0 Å². The highest BCUT2D eigenvalue weighted by Crippen LogP contribution is 2.02. The molecule has 0 heterocycles. The van der Waals surface area contributed by atoms with Crippen LogP contribution in [0.25, 0.3) is 0 Å². The van der Waals surface area contributed by atoms with E-state index in [1.54, 1.807) is 6.92 Å². The van der Waals surface area contributed by atoms with E-state index in [0.717, 1.165) is 31.2 Å². The molecule has 1 rings (SSSR count). The van der Waals surface area contributed by atoms with E-state index in [2.05, 4.69) is 13.8 Å². The van der Waals surface area contributed by atoms with E-state index in [9.17, 15) is 9.59 Å². The van der Waals surface area contributed by atoms with E-state index in [1.807, 2.05) is 30.3 Å². The van der Waals surface area contributed by atoms with Gasteiger partial charge in [0, 0.05) is 5.56 Å². The van der Waals surface area contributed by atoms with E-state index >= 15 is 0 Å². The quantitative estimate of drug-likeness (QED) is 0.271. The zero-order valence-corrected chi connectivity index (χ0v) is 16.1. The predicted octanol–water partition coefficient (Wildman–Crippen LogP) is 6.19. The molecular weight excluding hydrogens is 316 g/mol. The smallest absolute Gasteiger partial charge is 0.434 e. The van der Waals surface area contributed by atoms with Gasteiger partial charge >= 0.3 is 6.16 Å². The Hall–Kier alpha value is -1.84. The van der Waals surface area contributed by atoms with Gasteiger partial charge in [-0.05, 0) is 19.8 Å². The van der Waals surface area contributed by atoms with E-state index < -0.39 is 6.16 Å². The molecule has 0 aliphatic carbocycles. The average molecular weight is 350 g/mol. The summed E-state index contributed by atoms with van der Waals surface area (Å²) < 4.78 is 9.87. The number of ketones is 1. The number of carbonyl (C=O) groups excluding carboxylic acids is 2. The SMILES string of the molecule is CC(=O)c1ccccc1.CCCCCCOC(=O)OCCCCCC. The molecule has 0 spiro atoms. The summed E-state index contributed by atoms with van der Waals surface area (Å²) >= 11 is 0. The monoisotopic (exact) mass is 350 g/mol. The Balaban J connectivity index is 0.000000535. The molecule has 0 saturated heterocycles. The highest BCUT2D eigenvalue weighted by Gasteiger charge is 2.02. The van der Waals surface area contributed by atoms with Gasteiger partial charge in [0.15, 0.2) is 5.78 Å². The second kappa shape index (κ2) is 17.0. The topological polar surface area (TPSA) is 52.6 Å². The van der Waals surface area contributed by atoms with Crippen LogP contribution < -0.4 is 0 Å². The number of unbranched alkanes of at least 4 members (excludes halogenated alkanes) is 6. The van der Waals surface area contributed by atoms with Gasteiger partial charge in [0.2, 0.25) is 0 Å². The summed E-state index contributed by atoms with van der Waals surface area (Å²) in [5.74, 6) is 0.121. The summed E-state index contributed by atoms with van der Waals surface area (Å²) in [6, 6.07) is 9.23. The van der Waals surface area contributed by atoms with Crippen molar-refractivity contribution in [3.05, 3.63) is 35.9 Å². The second-order valence-electron chi connectivity index (χ2n) is 5.99. The fourth-order valence-electron chi connectivity index (χ4n) is 2.08. The number of rotatable bonds is 11. The molecule has 1 aromatic carbocycles. The molecule has 4 heteroatoms. The lowest BCUT2D eigenvalue weighted by atomic mass is 10.2. The van der Waals surface area contributed by atoms with Crippen LogP contribution >= 0.6 is 0 Å². The lowest BCUT2D eigenvalue weighted by Gasteiger charge is -2.05. The van der Waals surface area contributed by atoms with Crippen molar-refractivity contribution < 1.29 is 19.1 Å². The van der Waals surface area contributed by atoms with Crippen LogP contribution in [0.1, 0.15) is 82.5 Å². The van der Waals surface area contributed by atoms with Gasteiger partial charge in [-0.15, -0.1) is 0 Å². The molecular formula is C21H34O4. The third-order valence-electron chi connectivity index (χ3n) is 3.62. The van der Waals surface area contributed by atoms with Crippen LogP contribution in [0.5, 0.6) is 0 Å². The molecule has 0 aromatic heterocycles. The molecule has 142 valence electrons. The summed E-state index contributed by atoms with van der Waals surface area (Å²) in [5, 5.41) is 0. The zero-order chi connectivity index (χ0) is 18.8. The van der Waals surface area contributed by atoms with Crippen molar-refractivity contribution in [2.75, 3.05) is 13.2 Å². The highest BCUT2D eigenvalue weighted by molar-refractivity contribution is 5.93. The van der Waals surface area contributed by atoms with Gasteiger partial charge < -0.3 is 9.47 Å². The Morgan fingerprint density at radius 3 is 1.60 bits per heavy atom. The van der Waals surface area contributed by atoms with Gasteiger partial charge in [0.05, 0.1) is 13.2 Å². The highest BCUT2D eigenvalue weighted by atomic mass is 16.7. The molecule has 25 heavy (non-hydrogen) atoms. The number of hydrogen-bond donors (Lipinski definition) is 0. The minimum Gasteiger partial charge on any atom is -0.434 e. The standard InChI is InChI=1S/C13H26O3.C8H8O/c1-3-5-7-9-11-15-13(14)16-12-10-8-6-4-2;1-7(9)8-5-3-2-4-6-8/h3-12H2,1-2H3;2-6H,1H3. The van der Waals surface area contributed by atoms with Crippen molar-refractivity contribution in [2.24, 2.45) is 0 Å². The van der Waals surface area contributed by atoms with Gasteiger partial charge in [-0.3, -0.25) is 4.79 Å². The van der Waals surface area contributed by atoms with Gasteiger partial charge in [0.25, 0.3) is 0 Å². The van der Waals surface area contributed by atoms with E-state index in [0.29, 0.717) is 13.2 Å². The van der Waals surface area contributed by atoms with Crippen molar-refractivity contribution >= 4 is 11.9 Å². The van der Waals surface area contributed by atoms with Crippen LogP contribution in [0.15, 0.2) is 30.3 Å². The molecule has 0 aliphatic rings. The van der Waals surface area contributed by atoms with Gasteiger partial charge in [0.1, 0.15) is 0 Å². The summed E-state index contributed by atoms with van der Waals surface area (Å²) in [7, 11) is 0. The Labute approximate surface area is 152 Å². The molecule has 1 aromatic rings. The third-order valence-corrected chi connectivity index (χ3v) is 3.62. The largest absolute Gasteiger partial charge is 0.508 e.